The molecule has 0 saturated carbocycles. The molecule has 0 heterocycles. The average molecular weight is 366 g/mol. The summed E-state index contributed by atoms with van der Waals surface area (Å²) in [6.45, 7) is 3.14. The van der Waals surface area contributed by atoms with Crippen LogP contribution in [-0.4, -0.2) is 19.4 Å². The van der Waals surface area contributed by atoms with E-state index in [0.29, 0.717) is 6.04 Å². The molecule has 0 unspecified atom stereocenters. The Morgan fingerprint density at radius 2 is 2.00 bits per heavy atom. The van der Waals surface area contributed by atoms with Gasteiger partial charge in [0.15, 0.2) is 0 Å². The highest BCUT2D eigenvalue weighted by atomic mass is 79.9. The van der Waals surface area contributed by atoms with Crippen molar-refractivity contribution in [2.24, 2.45) is 0 Å². The summed E-state index contributed by atoms with van der Waals surface area (Å²) < 4.78 is 6.43. The maximum absolute atomic E-state index is 5.26. The second-order valence-corrected chi connectivity index (χ2v) is 6.72. The Morgan fingerprint density at radius 1 is 1.19 bits per heavy atom. The zero-order chi connectivity index (χ0) is 15.1. The topological polar surface area (TPSA) is 21.3 Å². The molecule has 1 atom stereocenters. The molecule has 2 aromatic carbocycles. The lowest BCUT2D eigenvalue weighted by atomic mass is 10.1. The molecular formula is C17H20BrNOS. The van der Waals surface area contributed by atoms with Gasteiger partial charge in [-0.15, -0.1) is 11.8 Å². The van der Waals surface area contributed by atoms with Gasteiger partial charge in [-0.3, -0.25) is 0 Å². The molecule has 2 aromatic rings. The average Bonchev–Trinajstić information content (AvgIpc) is 2.53. The van der Waals surface area contributed by atoms with E-state index >= 15 is 0 Å². The Morgan fingerprint density at radius 3 is 2.76 bits per heavy atom. The first-order chi connectivity index (χ1) is 10.2. The third-order valence-corrected chi connectivity index (χ3v) is 5.27. The second-order valence-electron chi connectivity index (χ2n) is 4.73. The van der Waals surface area contributed by atoms with Crippen molar-refractivity contribution in [3.05, 3.63) is 58.6 Å². The predicted octanol–water partition coefficient (Wildman–Crippen LogP) is 4.90. The highest BCUT2D eigenvalue weighted by molar-refractivity contribution is 9.10. The van der Waals surface area contributed by atoms with Crippen molar-refractivity contribution in [1.29, 1.82) is 0 Å². The van der Waals surface area contributed by atoms with Gasteiger partial charge in [-0.25, -0.2) is 0 Å². The first-order valence-corrected chi connectivity index (χ1v) is 8.73. The number of thioether (sulfide) groups is 1. The Hall–Kier alpha value is -0.970. The van der Waals surface area contributed by atoms with E-state index in [1.54, 1.807) is 7.11 Å². The molecule has 0 aliphatic rings. The van der Waals surface area contributed by atoms with Gasteiger partial charge >= 0.3 is 0 Å². The summed E-state index contributed by atoms with van der Waals surface area (Å²) >= 11 is 5.43. The van der Waals surface area contributed by atoms with Crippen LogP contribution in [0, 0.1) is 0 Å². The molecule has 0 bridgehead atoms. The lowest BCUT2D eigenvalue weighted by Crippen LogP contribution is -2.21. The van der Waals surface area contributed by atoms with Crippen molar-refractivity contribution >= 4 is 27.7 Å². The van der Waals surface area contributed by atoms with Crippen LogP contribution in [0.5, 0.6) is 5.75 Å². The zero-order valence-corrected chi connectivity index (χ0v) is 14.7. The summed E-state index contributed by atoms with van der Waals surface area (Å²) in [5, 5.41) is 3.55. The molecule has 0 spiro atoms. The summed E-state index contributed by atoms with van der Waals surface area (Å²) in [4.78, 5) is 1.29. The van der Waals surface area contributed by atoms with Crippen LogP contribution in [0.2, 0.25) is 0 Å². The molecule has 112 valence electrons. The normalized spacial score (nSPS) is 12.1. The number of ether oxygens (including phenoxy) is 1. The van der Waals surface area contributed by atoms with Gasteiger partial charge in [-0.05, 0) is 52.7 Å². The van der Waals surface area contributed by atoms with Crippen molar-refractivity contribution in [3.63, 3.8) is 0 Å². The standard InChI is InChI=1S/C17H20BrNOS/c1-13(14-6-5-7-15(12-14)20-2)19-10-11-21-17-9-4-3-8-16(17)18/h3-9,12-13,19H,10-11H2,1-2H3/t13-/m1/s1. The Kier molecular flexibility index (Phi) is 6.61. The molecular weight excluding hydrogens is 346 g/mol. The van der Waals surface area contributed by atoms with Crippen molar-refractivity contribution in [2.75, 3.05) is 19.4 Å². The quantitative estimate of drug-likeness (QED) is 0.556. The lowest BCUT2D eigenvalue weighted by Gasteiger charge is -2.15. The second kappa shape index (κ2) is 8.47. The van der Waals surface area contributed by atoms with E-state index in [1.807, 2.05) is 30.0 Å². The number of benzene rings is 2. The third-order valence-electron chi connectivity index (χ3n) is 3.24. The number of hydrogen-bond donors (Lipinski definition) is 1. The lowest BCUT2D eigenvalue weighted by molar-refractivity contribution is 0.413. The Labute approximate surface area is 139 Å². The van der Waals surface area contributed by atoms with Crippen molar-refractivity contribution in [1.82, 2.24) is 5.32 Å². The molecule has 0 amide bonds. The predicted molar refractivity (Wildman–Crippen MR) is 94.3 cm³/mol. The number of rotatable bonds is 7. The number of halogens is 1. The van der Waals surface area contributed by atoms with Crippen molar-refractivity contribution in [3.8, 4) is 5.75 Å². The monoisotopic (exact) mass is 365 g/mol. The molecule has 0 aromatic heterocycles. The van der Waals surface area contributed by atoms with Gasteiger partial charge in [0.2, 0.25) is 0 Å². The first kappa shape index (κ1) is 16.4. The minimum atomic E-state index is 0.319. The highest BCUT2D eigenvalue weighted by Gasteiger charge is 2.06. The minimum absolute atomic E-state index is 0.319. The maximum Gasteiger partial charge on any atom is 0.119 e. The summed E-state index contributed by atoms with van der Waals surface area (Å²) in [5.41, 5.74) is 1.25. The van der Waals surface area contributed by atoms with Gasteiger partial charge in [0.1, 0.15) is 5.75 Å². The Balaban J connectivity index is 1.79. The summed E-state index contributed by atoms with van der Waals surface area (Å²) in [7, 11) is 1.70. The van der Waals surface area contributed by atoms with Gasteiger partial charge in [0.25, 0.3) is 0 Å². The van der Waals surface area contributed by atoms with E-state index in [0.717, 1.165) is 22.5 Å². The first-order valence-electron chi connectivity index (χ1n) is 6.95. The van der Waals surface area contributed by atoms with Crippen molar-refractivity contribution < 1.29 is 4.74 Å². The molecule has 0 saturated heterocycles. The van der Waals surface area contributed by atoms with Gasteiger partial charge in [0.05, 0.1) is 7.11 Å². The maximum atomic E-state index is 5.26. The van der Waals surface area contributed by atoms with Gasteiger partial charge in [-0.1, -0.05) is 24.3 Å². The van der Waals surface area contributed by atoms with E-state index in [1.165, 1.54) is 10.5 Å². The zero-order valence-electron chi connectivity index (χ0n) is 12.3. The van der Waals surface area contributed by atoms with Crippen LogP contribution in [0.25, 0.3) is 0 Å². The fourth-order valence-electron chi connectivity index (χ4n) is 2.03. The molecule has 2 rings (SSSR count). The fraction of sp³-hybridized carbons (Fsp3) is 0.294. The van der Waals surface area contributed by atoms with Crippen LogP contribution in [0.4, 0.5) is 0 Å². The molecule has 0 aliphatic carbocycles. The summed E-state index contributed by atoms with van der Waals surface area (Å²) in [6, 6.07) is 16.9. The third kappa shape index (κ3) is 5.06. The van der Waals surface area contributed by atoms with Crippen LogP contribution < -0.4 is 10.1 Å². The van der Waals surface area contributed by atoms with Crippen LogP contribution in [0.3, 0.4) is 0 Å². The molecule has 2 nitrogen and oxygen atoms in total. The van der Waals surface area contributed by atoms with Gasteiger partial charge < -0.3 is 10.1 Å². The SMILES string of the molecule is COc1cccc([C@@H](C)NCCSc2ccccc2Br)c1. The van der Waals surface area contributed by atoms with Crippen LogP contribution >= 0.6 is 27.7 Å². The van der Waals surface area contributed by atoms with E-state index in [2.05, 4.69) is 58.5 Å². The summed E-state index contributed by atoms with van der Waals surface area (Å²) in [6.07, 6.45) is 0. The van der Waals surface area contributed by atoms with Crippen LogP contribution in [0.1, 0.15) is 18.5 Å². The summed E-state index contributed by atoms with van der Waals surface area (Å²) in [5.74, 6) is 1.94. The molecule has 21 heavy (non-hydrogen) atoms. The Bertz CT molecular complexity index is 576. The molecule has 0 aliphatic heterocycles. The highest BCUT2D eigenvalue weighted by Crippen LogP contribution is 2.26. The van der Waals surface area contributed by atoms with E-state index in [4.69, 9.17) is 4.74 Å². The molecule has 1 N–H and O–H groups in total. The minimum Gasteiger partial charge on any atom is -0.497 e. The van der Waals surface area contributed by atoms with Gasteiger partial charge in [0, 0.05) is 27.7 Å². The fourth-order valence-corrected chi connectivity index (χ4v) is 3.48. The number of hydrogen-bond acceptors (Lipinski definition) is 3. The largest absolute Gasteiger partial charge is 0.497 e. The van der Waals surface area contributed by atoms with Crippen LogP contribution in [0.15, 0.2) is 57.9 Å². The number of nitrogens with one attached hydrogen (secondary N) is 1. The van der Waals surface area contributed by atoms with Gasteiger partial charge in [-0.2, -0.15) is 0 Å². The van der Waals surface area contributed by atoms with Crippen molar-refractivity contribution in [2.45, 2.75) is 17.9 Å². The van der Waals surface area contributed by atoms with E-state index < -0.39 is 0 Å². The molecule has 0 radical (unpaired) electrons. The molecule has 4 heteroatoms. The van der Waals surface area contributed by atoms with E-state index in [-0.39, 0.29) is 0 Å². The smallest absolute Gasteiger partial charge is 0.119 e. The number of methoxy groups -OCH3 is 1. The van der Waals surface area contributed by atoms with Crippen LogP contribution in [-0.2, 0) is 0 Å². The van der Waals surface area contributed by atoms with E-state index in [9.17, 15) is 0 Å². The molecule has 0 fully saturated rings.